The number of aromatic nitrogens is 3. The van der Waals surface area contributed by atoms with Gasteiger partial charge in [0.05, 0.1) is 11.6 Å². The van der Waals surface area contributed by atoms with Crippen LogP contribution in [0.1, 0.15) is 22.0 Å². The Bertz CT molecular complexity index is 862. The number of pyridine rings is 1. The van der Waals surface area contributed by atoms with Crippen molar-refractivity contribution in [1.82, 2.24) is 25.0 Å². The van der Waals surface area contributed by atoms with Crippen LogP contribution >= 0.6 is 11.6 Å². The third-order valence-corrected chi connectivity index (χ3v) is 4.30. The lowest BCUT2D eigenvalue weighted by Crippen LogP contribution is -2.34. The fraction of sp³-hybridized carbons (Fsp3) is 0.211. The van der Waals surface area contributed by atoms with E-state index >= 15 is 0 Å². The van der Waals surface area contributed by atoms with Gasteiger partial charge in [-0.05, 0) is 50.0 Å². The van der Waals surface area contributed by atoms with Crippen LogP contribution in [-0.4, -0.2) is 46.2 Å². The van der Waals surface area contributed by atoms with Gasteiger partial charge in [-0.3, -0.25) is 4.79 Å². The zero-order chi connectivity index (χ0) is 18.5. The normalized spacial score (nSPS) is 12.2. The lowest BCUT2D eigenvalue weighted by molar-refractivity contribution is 0.0941. The molecule has 7 heteroatoms. The number of nitrogens with zero attached hydrogens (tertiary/aromatic N) is 4. The van der Waals surface area contributed by atoms with Crippen LogP contribution in [0.15, 0.2) is 61.1 Å². The fourth-order valence-electron chi connectivity index (χ4n) is 2.66. The van der Waals surface area contributed by atoms with Crippen molar-refractivity contribution in [3.8, 4) is 5.82 Å². The summed E-state index contributed by atoms with van der Waals surface area (Å²) in [6.07, 6.45) is 5.03. The maximum absolute atomic E-state index is 12.4. The van der Waals surface area contributed by atoms with Crippen LogP contribution in [0.3, 0.4) is 0 Å². The molecule has 0 saturated heterocycles. The smallest absolute Gasteiger partial charge is 0.252 e. The molecule has 0 saturated carbocycles. The monoisotopic (exact) mass is 369 g/mol. The van der Waals surface area contributed by atoms with Gasteiger partial charge in [0.25, 0.3) is 5.91 Å². The van der Waals surface area contributed by atoms with Gasteiger partial charge in [0, 0.05) is 30.2 Å². The number of benzene rings is 1. The molecule has 0 bridgehead atoms. The van der Waals surface area contributed by atoms with Gasteiger partial charge < -0.3 is 10.2 Å². The standard InChI is InChI=1S/C19H20ClN5O/c1-24(2)17(14-5-3-6-16(20)11-14)13-22-19(26)15-7-8-18(21-12-15)25-10-4-9-23-25/h3-12,17H,13H2,1-2H3,(H,22,26). The molecule has 1 atom stereocenters. The Morgan fingerprint density at radius 1 is 1.27 bits per heavy atom. The minimum atomic E-state index is -0.168. The lowest BCUT2D eigenvalue weighted by atomic mass is 10.1. The van der Waals surface area contributed by atoms with Crippen molar-refractivity contribution in [3.63, 3.8) is 0 Å². The highest BCUT2D eigenvalue weighted by Gasteiger charge is 2.16. The summed E-state index contributed by atoms with van der Waals surface area (Å²) in [5.74, 6) is 0.495. The number of rotatable bonds is 6. The van der Waals surface area contributed by atoms with E-state index in [1.165, 1.54) is 0 Å². The molecule has 6 nitrogen and oxygen atoms in total. The average Bonchev–Trinajstić information content (AvgIpc) is 3.16. The van der Waals surface area contributed by atoms with Gasteiger partial charge >= 0.3 is 0 Å². The van der Waals surface area contributed by atoms with Gasteiger partial charge in [0.2, 0.25) is 0 Å². The number of carbonyl (C=O) groups excluding carboxylic acids is 1. The second-order valence-corrected chi connectivity index (χ2v) is 6.54. The van der Waals surface area contributed by atoms with Gasteiger partial charge in [0.15, 0.2) is 5.82 Å². The number of amides is 1. The molecular formula is C19H20ClN5O. The van der Waals surface area contributed by atoms with Crippen molar-refractivity contribution in [2.24, 2.45) is 0 Å². The minimum absolute atomic E-state index is 0.0222. The van der Waals surface area contributed by atoms with Crippen LogP contribution in [0.4, 0.5) is 0 Å². The van der Waals surface area contributed by atoms with Crippen LogP contribution in [-0.2, 0) is 0 Å². The summed E-state index contributed by atoms with van der Waals surface area (Å²) in [5.41, 5.74) is 1.56. The third-order valence-electron chi connectivity index (χ3n) is 4.06. The van der Waals surface area contributed by atoms with Crippen molar-refractivity contribution < 1.29 is 4.79 Å². The zero-order valence-corrected chi connectivity index (χ0v) is 15.4. The van der Waals surface area contributed by atoms with Gasteiger partial charge in [-0.2, -0.15) is 5.10 Å². The summed E-state index contributed by atoms with van der Waals surface area (Å²) in [7, 11) is 3.94. The van der Waals surface area contributed by atoms with Crippen molar-refractivity contribution in [2.45, 2.75) is 6.04 Å². The highest BCUT2D eigenvalue weighted by molar-refractivity contribution is 6.30. The molecule has 0 fully saturated rings. The predicted octanol–water partition coefficient (Wildman–Crippen LogP) is 2.95. The molecule has 0 spiro atoms. The molecule has 0 radical (unpaired) electrons. The molecule has 0 aliphatic rings. The summed E-state index contributed by atoms with van der Waals surface area (Å²) >= 11 is 6.09. The summed E-state index contributed by atoms with van der Waals surface area (Å²) in [6, 6.07) is 13.0. The number of nitrogens with one attached hydrogen (secondary N) is 1. The molecule has 3 aromatic rings. The van der Waals surface area contributed by atoms with E-state index in [-0.39, 0.29) is 11.9 Å². The van der Waals surface area contributed by atoms with Gasteiger partial charge in [-0.25, -0.2) is 9.67 Å². The Kier molecular flexibility index (Phi) is 5.65. The Hall–Kier alpha value is -2.70. The maximum atomic E-state index is 12.4. The Morgan fingerprint density at radius 2 is 2.12 bits per heavy atom. The summed E-state index contributed by atoms with van der Waals surface area (Å²) in [5, 5.41) is 7.76. The molecule has 0 aliphatic heterocycles. The van der Waals surface area contributed by atoms with Crippen LogP contribution < -0.4 is 5.32 Å². The van der Waals surface area contributed by atoms with E-state index in [9.17, 15) is 4.79 Å². The molecule has 2 heterocycles. The first-order valence-electron chi connectivity index (χ1n) is 8.21. The fourth-order valence-corrected chi connectivity index (χ4v) is 2.86. The molecule has 1 aromatic carbocycles. The maximum Gasteiger partial charge on any atom is 0.252 e. The van der Waals surface area contributed by atoms with Gasteiger partial charge in [0.1, 0.15) is 0 Å². The molecule has 1 amide bonds. The first kappa shape index (κ1) is 18.1. The SMILES string of the molecule is CN(C)C(CNC(=O)c1ccc(-n2cccn2)nc1)c1cccc(Cl)c1. The number of likely N-dealkylation sites (N-methyl/N-ethyl adjacent to an activating group) is 1. The van der Waals surface area contributed by atoms with Crippen molar-refractivity contribution in [2.75, 3.05) is 20.6 Å². The topological polar surface area (TPSA) is 63.1 Å². The molecule has 2 aromatic heterocycles. The van der Waals surface area contributed by atoms with E-state index in [2.05, 4.69) is 15.4 Å². The highest BCUT2D eigenvalue weighted by Crippen LogP contribution is 2.21. The number of hydrogen-bond donors (Lipinski definition) is 1. The van der Waals surface area contributed by atoms with E-state index < -0.39 is 0 Å². The summed E-state index contributed by atoms with van der Waals surface area (Å²) in [4.78, 5) is 18.8. The molecule has 3 rings (SSSR count). The van der Waals surface area contributed by atoms with Crippen LogP contribution in [0.2, 0.25) is 5.02 Å². The molecule has 1 N–H and O–H groups in total. The quantitative estimate of drug-likeness (QED) is 0.725. The number of hydrogen-bond acceptors (Lipinski definition) is 4. The van der Waals surface area contributed by atoms with Crippen LogP contribution in [0.25, 0.3) is 5.82 Å². The summed E-state index contributed by atoms with van der Waals surface area (Å²) < 4.78 is 1.64. The minimum Gasteiger partial charge on any atom is -0.350 e. The second-order valence-electron chi connectivity index (χ2n) is 6.10. The van der Waals surface area contributed by atoms with E-state index in [4.69, 9.17) is 11.6 Å². The van der Waals surface area contributed by atoms with E-state index in [0.29, 0.717) is 22.9 Å². The Labute approximate surface area is 157 Å². The van der Waals surface area contributed by atoms with Crippen molar-refractivity contribution in [1.29, 1.82) is 0 Å². The molecule has 1 unspecified atom stereocenters. The van der Waals surface area contributed by atoms with E-state index in [1.54, 1.807) is 35.4 Å². The summed E-state index contributed by atoms with van der Waals surface area (Å²) in [6.45, 7) is 0.465. The second kappa shape index (κ2) is 8.12. The van der Waals surface area contributed by atoms with Crippen molar-refractivity contribution in [3.05, 3.63) is 77.2 Å². The third kappa shape index (κ3) is 4.28. The van der Waals surface area contributed by atoms with Crippen molar-refractivity contribution >= 4 is 17.5 Å². The Balaban J connectivity index is 1.67. The van der Waals surface area contributed by atoms with Crippen LogP contribution in [0, 0.1) is 0 Å². The first-order chi connectivity index (χ1) is 12.5. The van der Waals surface area contributed by atoms with Gasteiger partial charge in [-0.15, -0.1) is 0 Å². The zero-order valence-electron chi connectivity index (χ0n) is 14.6. The first-order valence-corrected chi connectivity index (χ1v) is 8.58. The lowest BCUT2D eigenvalue weighted by Gasteiger charge is -2.25. The molecule has 134 valence electrons. The highest BCUT2D eigenvalue weighted by atomic mass is 35.5. The molecule has 0 aliphatic carbocycles. The Morgan fingerprint density at radius 3 is 2.73 bits per heavy atom. The number of halogens is 1. The average molecular weight is 370 g/mol. The predicted molar refractivity (Wildman–Crippen MR) is 102 cm³/mol. The van der Waals surface area contributed by atoms with Crippen LogP contribution in [0.5, 0.6) is 0 Å². The molecular weight excluding hydrogens is 350 g/mol. The molecule has 26 heavy (non-hydrogen) atoms. The van der Waals surface area contributed by atoms with Gasteiger partial charge in [-0.1, -0.05) is 23.7 Å². The largest absolute Gasteiger partial charge is 0.350 e. The number of carbonyl (C=O) groups is 1. The van der Waals surface area contributed by atoms with E-state index in [0.717, 1.165) is 5.56 Å². The van der Waals surface area contributed by atoms with E-state index in [1.807, 2.05) is 49.3 Å².